The van der Waals surface area contributed by atoms with Crippen LogP contribution in [0.25, 0.3) is 0 Å². The number of nitrogens with one attached hydrogen (secondary N) is 1. The summed E-state index contributed by atoms with van der Waals surface area (Å²) in [4.78, 5) is 41.5. The molecule has 0 saturated heterocycles. The number of aromatic nitrogens is 2. The highest BCUT2D eigenvalue weighted by Gasteiger charge is 2.31. The van der Waals surface area contributed by atoms with E-state index in [-0.39, 0.29) is 31.0 Å². The van der Waals surface area contributed by atoms with Gasteiger partial charge in [0, 0.05) is 6.54 Å². The normalized spacial score (nSPS) is 11.4. The maximum Gasteiger partial charge on any atom is 0.573 e. The molecule has 0 bridgehead atoms. The molecule has 3 rings (SSSR count). The van der Waals surface area contributed by atoms with E-state index in [1.54, 1.807) is 12.1 Å². The van der Waals surface area contributed by atoms with E-state index in [2.05, 4.69) is 9.72 Å². The first-order valence-corrected chi connectivity index (χ1v) is 10.4. The van der Waals surface area contributed by atoms with Gasteiger partial charge in [0.05, 0.1) is 19.2 Å². The van der Waals surface area contributed by atoms with Crippen molar-refractivity contribution in [3.63, 3.8) is 0 Å². The van der Waals surface area contributed by atoms with Gasteiger partial charge in [0.25, 0.3) is 5.56 Å². The Hall–Kier alpha value is -3.96. The van der Waals surface area contributed by atoms with Crippen molar-refractivity contribution in [3.05, 3.63) is 74.8 Å². The summed E-state index contributed by atoms with van der Waals surface area (Å²) >= 11 is 0. The number of alkyl halides is 3. The molecule has 0 atom stereocenters. The highest BCUT2D eigenvalue weighted by Crippen LogP contribution is 2.24. The Balaban J connectivity index is 1.95. The highest BCUT2D eigenvalue weighted by atomic mass is 19.4. The zero-order chi connectivity index (χ0) is 24.9. The number of hydrogen-bond donors (Lipinski definition) is 2. The van der Waals surface area contributed by atoms with Crippen LogP contribution in [0.3, 0.4) is 0 Å². The third-order valence-corrected chi connectivity index (χ3v) is 4.93. The molecule has 0 saturated carbocycles. The van der Waals surface area contributed by atoms with E-state index in [1.165, 1.54) is 23.0 Å². The first-order valence-electron chi connectivity index (χ1n) is 10.4. The lowest BCUT2D eigenvalue weighted by atomic mass is 10.1. The number of unbranched alkanes of at least 4 members (excludes halogenated alkanes) is 1. The number of rotatable bonds is 9. The molecule has 0 spiro atoms. The van der Waals surface area contributed by atoms with Crippen molar-refractivity contribution in [2.24, 2.45) is 0 Å². The van der Waals surface area contributed by atoms with Gasteiger partial charge in [-0.05, 0) is 36.2 Å². The molecule has 2 aromatic heterocycles. The third-order valence-electron chi connectivity index (χ3n) is 4.93. The molecule has 0 aliphatic rings. The standard InChI is InChI=1S/C22H23F3N4O5/c1-2-3-10-28-19(26)18(20(31)27-21(28)32)29(13-16-5-4-11-33-16)17(30)12-14-6-8-15(9-7-14)34-22(23,24)25/h4-9,11H,2-3,10,12-13,26H2,1H3,(H,27,31,32). The number of halogens is 3. The van der Waals surface area contributed by atoms with Crippen molar-refractivity contribution in [3.8, 4) is 5.75 Å². The fourth-order valence-electron chi connectivity index (χ4n) is 3.31. The van der Waals surface area contributed by atoms with Crippen LogP contribution in [0.15, 0.2) is 56.7 Å². The van der Waals surface area contributed by atoms with E-state index >= 15 is 0 Å². The van der Waals surface area contributed by atoms with Gasteiger partial charge >= 0.3 is 12.1 Å². The molecule has 9 nitrogen and oxygen atoms in total. The largest absolute Gasteiger partial charge is 0.573 e. The zero-order valence-corrected chi connectivity index (χ0v) is 18.2. The Morgan fingerprint density at radius 2 is 1.91 bits per heavy atom. The first kappa shape index (κ1) is 24.7. The summed E-state index contributed by atoms with van der Waals surface area (Å²) in [5, 5.41) is 0. The smallest absolute Gasteiger partial charge is 0.467 e. The van der Waals surface area contributed by atoms with Gasteiger partial charge in [-0.15, -0.1) is 13.2 Å². The lowest BCUT2D eigenvalue weighted by Gasteiger charge is -2.24. The molecular weight excluding hydrogens is 457 g/mol. The molecule has 0 radical (unpaired) electrons. The number of anilines is 2. The number of nitrogens with two attached hydrogens (primary N) is 1. The maximum atomic E-state index is 13.2. The monoisotopic (exact) mass is 480 g/mol. The summed E-state index contributed by atoms with van der Waals surface area (Å²) in [5.74, 6) is -0.831. The molecule has 34 heavy (non-hydrogen) atoms. The van der Waals surface area contributed by atoms with Gasteiger partial charge < -0.3 is 14.9 Å². The lowest BCUT2D eigenvalue weighted by molar-refractivity contribution is -0.274. The summed E-state index contributed by atoms with van der Waals surface area (Å²) in [7, 11) is 0. The third kappa shape index (κ3) is 6.09. The van der Waals surface area contributed by atoms with Gasteiger partial charge in [0.15, 0.2) is 5.69 Å². The summed E-state index contributed by atoms with van der Waals surface area (Å²) in [6.07, 6.45) is -2.32. The van der Waals surface area contributed by atoms with Gasteiger partial charge in [0.1, 0.15) is 17.3 Å². The topological polar surface area (TPSA) is 124 Å². The van der Waals surface area contributed by atoms with Crippen LogP contribution in [0.4, 0.5) is 24.7 Å². The maximum absolute atomic E-state index is 13.2. The predicted octanol–water partition coefficient (Wildman–Crippen LogP) is 3.19. The molecule has 3 N–H and O–H groups in total. The molecule has 1 amide bonds. The van der Waals surface area contributed by atoms with Crippen molar-refractivity contribution in [2.75, 3.05) is 10.6 Å². The number of nitrogens with zero attached hydrogens (tertiary/aromatic N) is 2. The fourth-order valence-corrected chi connectivity index (χ4v) is 3.31. The molecule has 0 unspecified atom stereocenters. The van der Waals surface area contributed by atoms with Crippen molar-refractivity contribution in [2.45, 2.75) is 45.6 Å². The van der Waals surface area contributed by atoms with Gasteiger partial charge in [-0.1, -0.05) is 25.5 Å². The summed E-state index contributed by atoms with van der Waals surface area (Å²) < 4.78 is 47.5. The van der Waals surface area contributed by atoms with Crippen LogP contribution in [0.1, 0.15) is 31.1 Å². The van der Waals surface area contributed by atoms with Crippen LogP contribution in [-0.4, -0.2) is 21.8 Å². The molecule has 3 aromatic rings. The summed E-state index contributed by atoms with van der Waals surface area (Å²) in [5.41, 5.74) is 4.79. The van der Waals surface area contributed by atoms with E-state index < -0.39 is 29.3 Å². The van der Waals surface area contributed by atoms with Crippen LogP contribution >= 0.6 is 0 Å². The van der Waals surface area contributed by atoms with Crippen molar-refractivity contribution in [1.82, 2.24) is 9.55 Å². The number of aromatic amines is 1. The first-order chi connectivity index (χ1) is 16.1. The van der Waals surface area contributed by atoms with Gasteiger partial charge in [-0.25, -0.2) is 4.79 Å². The number of nitrogen functional groups attached to an aromatic ring is 1. The average Bonchev–Trinajstić information content (AvgIpc) is 3.26. The van der Waals surface area contributed by atoms with E-state index in [4.69, 9.17) is 10.2 Å². The van der Waals surface area contributed by atoms with Gasteiger partial charge in [-0.2, -0.15) is 0 Å². The summed E-state index contributed by atoms with van der Waals surface area (Å²) in [6, 6.07) is 7.98. The molecule has 1 aromatic carbocycles. The zero-order valence-electron chi connectivity index (χ0n) is 18.2. The number of H-pyrrole nitrogens is 1. The minimum Gasteiger partial charge on any atom is -0.467 e. The lowest BCUT2D eigenvalue weighted by Crippen LogP contribution is -2.41. The second-order valence-electron chi connectivity index (χ2n) is 7.43. The van der Waals surface area contributed by atoms with Crippen molar-refractivity contribution in [1.29, 1.82) is 0 Å². The predicted molar refractivity (Wildman–Crippen MR) is 117 cm³/mol. The Morgan fingerprint density at radius 1 is 1.21 bits per heavy atom. The van der Waals surface area contributed by atoms with Crippen LogP contribution in [0.5, 0.6) is 5.75 Å². The number of hydrogen-bond acceptors (Lipinski definition) is 6. The molecule has 182 valence electrons. The Bertz CT molecular complexity index is 1230. The Kier molecular flexibility index (Phi) is 7.49. The second-order valence-corrected chi connectivity index (χ2v) is 7.43. The van der Waals surface area contributed by atoms with Gasteiger partial charge in [0.2, 0.25) is 5.91 Å². The minimum atomic E-state index is -4.84. The summed E-state index contributed by atoms with van der Waals surface area (Å²) in [6.45, 7) is 2.01. The number of amides is 1. The van der Waals surface area contributed by atoms with E-state index in [9.17, 15) is 27.6 Å². The molecule has 0 fully saturated rings. The SMILES string of the molecule is CCCCn1c(N)c(N(Cc2ccco2)C(=O)Cc2ccc(OC(F)(F)F)cc2)c(=O)[nH]c1=O. The fraction of sp³-hybridized carbons (Fsp3) is 0.318. The number of furan rings is 1. The van der Waals surface area contributed by atoms with E-state index in [0.29, 0.717) is 17.7 Å². The Morgan fingerprint density at radius 3 is 2.50 bits per heavy atom. The van der Waals surface area contributed by atoms with Crippen molar-refractivity contribution < 1.29 is 27.1 Å². The number of ether oxygens (including phenoxy) is 1. The quantitative estimate of drug-likeness (QED) is 0.485. The highest BCUT2D eigenvalue weighted by molar-refractivity contribution is 5.96. The van der Waals surface area contributed by atoms with Crippen LogP contribution in [0.2, 0.25) is 0 Å². The van der Waals surface area contributed by atoms with E-state index in [0.717, 1.165) is 23.5 Å². The second kappa shape index (κ2) is 10.3. The van der Waals surface area contributed by atoms with Crippen LogP contribution in [0, 0.1) is 0 Å². The Labute approximate surface area is 191 Å². The number of benzene rings is 1. The van der Waals surface area contributed by atoms with E-state index in [1.807, 2.05) is 6.92 Å². The molecule has 0 aliphatic heterocycles. The van der Waals surface area contributed by atoms with Crippen molar-refractivity contribution >= 4 is 17.4 Å². The van der Waals surface area contributed by atoms with Crippen LogP contribution in [-0.2, 0) is 24.3 Å². The van der Waals surface area contributed by atoms with Crippen LogP contribution < -0.4 is 26.6 Å². The number of carbonyl (C=O) groups excluding carboxylic acids is 1. The average molecular weight is 480 g/mol. The molecule has 0 aliphatic carbocycles. The molecular formula is C22H23F3N4O5. The number of carbonyl (C=O) groups is 1. The molecule has 12 heteroatoms. The van der Waals surface area contributed by atoms with Gasteiger partial charge in [-0.3, -0.25) is 24.0 Å². The molecule has 2 heterocycles. The minimum absolute atomic E-state index is 0.152.